The Morgan fingerprint density at radius 3 is 2.59 bits per heavy atom. The zero-order chi connectivity index (χ0) is 15.9. The van der Waals surface area contributed by atoms with Crippen LogP contribution in [0.4, 0.5) is 0 Å². The van der Waals surface area contributed by atoms with Crippen molar-refractivity contribution < 1.29 is 14.4 Å². The van der Waals surface area contributed by atoms with Gasteiger partial charge in [0.05, 0.1) is 0 Å². The van der Waals surface area contributed by atoms with Gasteiger partial charge < -0.3 is 14.5 Å². The second kappa shape index (κ2) is 8.29. The van der Waals surface area contributed by atoms with Gasteiger partial charge in [-0.15, -0.1) is 0 Å². The molecule has 22 heavy (non-hydrogen) atoms. The summed E-state index contributed by atoms with van der Waals surface area (Å²) in [6.07, 6.45) is 3.05. The van der Waals surface area contributed by atoms with Crippen molar-refractivity contribution in [3.63, 3.8) is 0 Å². The lowest BCUT2D eigenvalue weighted by Gasteiger charge is -2.34. The van der Waals surface area contributed by atoms with Gasteiger partial charge in [0.1, 0.15) is 5.76 Å². The molecule has 1 saturated heterocycles. The van der Waals surface area contributed by atoms with E-state index in [1.165, 1.54) is 0 Å². The smallest absolute Gasteiger partial charge is 0.276 e. The number of unbranched alkanes of at least 4 members (excludes halogenated alkanes) is 2. The van der Waals surface area contributed by atoms with Gasteiger partial charge in [0.2, 0.25) is 0 Å². The van der Waals surface area contributed by atoms with Crippen LogP contribution in [0, 0.1) is 0 Å². The lowest BCUT2D eigenvalue weighted by Crippen LogP contribution is -2.48. The van der Waals surface area contributed by atoms with Gasteiger partial charge in [-0.3, -0.25) is 9.69 Å². The number of carbonyl (C=O) groups excluding carboxylic acids is 1. The first-order valence-corrected chi connectivity index (χ1v) is 8.21. The van der Waals surface area contributed by atoms with Gasteiger partial charge >= 0.3 is 0 Å². The minimum Gasteiger partial charge on any atom is -0.396 e. The van der Waals surface area contributed by atoms with Crippen LogP contribution in [0.1, 0.15) is 55.3 Å². The SMILES string of the molecule is CC(C)c1cc(C(=O)N2CCN(CCCCCO)CC2)no1. The number of hydrogen-bond donors (Lipinski definition) is 1. The van der Waals surface area contributed by atoms with E-state index in [1.54, 1.807) is 6.07 Å². The Labute approximate surface area is 132 Å². The molecule has 1 amide bonds. The molecular formula is C16H27N3O3. The molecule has 1 aliphatic rings. The van der Waals surface area contributed by atoms with E-state index in [2.05, 4.69) is 10.1 Å². The third-order valence-corrected chi connectivity index (χ3v) is 4.11. The summed E-state index contributed by atoms with van der Waals surface area (Å²) in [7, 11) is 0. The van der Waals surface area contributed by atoms with E-state index in [9.17, 15) is 4.79 Å². The van der Waals surface area contributed by atoms with Crippen molar-refractivity contribution in [3.05, 3.63) is 17.5 Å². The minimum atomic E-state index is -0.0319. The molecule has 1 N–H and O–H groups in total. The van der Waals surface area contributed by atoms with Crippen LogP contribution >= 0.6 is 0 Å². The summed E-state index contributed by atoms with van der Waals surface area (Å²) in [4.78, 5) is 16.6. The number of piperazine rings is 1. The first-order valence-electron chi connectivity index (χ1n) is 8.21. The molecule has 6 heteroatoms. The second-order valence-electron chi connectivity index (χ2n) is 6.19. The molecule has 1 aromatic heterocycles. The highest BCUT2D eigenvalue weighted by atomic mass is 16.5. The van der Waals surface area contributed by atoms with Crippen LogP contribution in [0.5, 0.6) is 0 Å². The Balaban J connectivity index is 1.77. The van der Waals surface area contributed by atoms with Crippen LogP contribution in [-0.4, -0.2) is 65.3 Å². The predicted molar refractivity (Wildman–Crippen MR) is 83.9 cm³/mol. The molecular weight excluding hydrogens is 282 g/mol. The molecule has 0 saturated carbocycles. The highest BCUT2D eigenvalue weighted by Gasteiger charge is 2.24. The molecule has 1 aliphatic heterocycles. The number of hydrogen-bond acceptors (Lipinski definition) is 5. The van der Waals surface area contributed by atoms with Gasteiger partial charge in [0, 0.05) is 44.8 Å². The predicted octanol–water partition coefficient (Wildman–Crippen LogP) is 1.72. The molecule has 1 fully saturated rings. The maximum atomic E-state index is 12.4. The number of aliphatic hydroxyl groups is 1. The van der Waals surface area contributed by atoms with E-state index >= 15 is 0 Å². The molecule has 6 nitrogen and oxygen atoms in total. The lowest BCUT2D eigenvalue weighted by molar-refractivity contribution is 0.0624. The van der Waals surface area contributed by atoms with Crippen LogP contribution in [0.25, 0.3) is 0 Å². The fourth-order valence-electron chi connectivity index (χ4n) is 2.62. The quantitative estimate of drug-likeness (QED) is 0.777. The summed E-state index contributed by atoms with van der Waals surface area (Å²) >= 11 is 0. The molecule has 1 aromatic rings. The maximum Gasteiger partial charge on any atom is 0.276 e. The van der Waals surface area contributed by atoms with Gasteiger partial charge in [-0.05, 0) is 25.8 Å². The Kier molecular flexibility index (Phi) is 6.39. The van der Waals surface area contributed by atoms with Crippen molar-refractivity contribution >= 4 is 5.91 Å². The summed E-state index contributed by atoms with van der Waals surface area (Å²) in [5, 5.41) is 12.7. The van der Waals surface area contributed by atoms with Crippen LogP contribution < -0.4 is 0 Å². The molecule has 2 rings (SSSR count). The van der Waals surface area contributed by atoms with Gasteiger partial charge in [-0.25, -0.2) is 0 Å². The topological polar surface area (TPSA) is 69.8 Å². The first-order chi connectivity index (χ1) is 10.6. The third kappa shape index (κ3) is 4.55. The zero-order valence-corrected chi connectivity index (χ0v) is 13.6. The average Bonchev–Trinajstić information content (AvgIpc) is 3.02. The van der Waals surface area contributed by atoms with Crippen LogP contribution in [0.3, 0.4) is 0 Å². The summed E-state index contributed by atoms with van der Waals surface area (Å²) in [5.41, 5.74) is 0.417. The van der Waals surface area contributed by atoms with Gasteiger partial charge in [0.15, 0.2) is 5.69 Å². The molecule has 0 spiro atoms. The molecule has 124 valence electrons. The molecule has 0 unspecified atom stereocenters. The molecule has 0 aromatic carbocycles. The largest absolute Gasteiger partial charge is 0.396 e. The number of aromatic nitrogens is 1. The summed E-state index contributed by atoms with van der Waals surface area (Å²) in [6, 6.07) is 1.76. The first kappa shape index (κ1) is 17.0. The van der Waals surface area contributed by atoms with E-state index in [1.807, 2.05) is 18.7 Å². The van der Waals surface area contributed by atoms with E-state index in [4.69, 9.17) is 9.63 Å². The standard InChI is InChI=1S/C16H27N3O3/c1-13(2)15-12-14(17-22-15)16(21)19-9-7-18(8-10-19)6-4-3-5-11-20/h12-13,20H,3-11H2,1-2H3. The normalized spacial score (nSPS) is 16.5. The second-order valence-corrected chi connectivity index (χ2v) is 6.19. The van der Waals surface area contributed by atoms with Crippen molar-refractivity contribution in [1.82, 2.24) is 15.0 Å². The van der Waals surface area contributed by atoms with Crippen LogP contribution in [0.15, 0.2) is 10.6 Å². The zero-order valence-electron chi connectivity index (χ0n) is 13.6. The molecule has 0 atom stereocenters. The van der Waals surface area contributed by atoms with E-state index in [0.717, 1.165) is 57.7 Å². The molecule has 0 aliphatic carbocycles. The summed E-state index contributed by atoms with van der Waals surface area (Å²) < 4.78 is 5.21. The number of nitrogens with zero attached hydrogens (tertiary/aromatic N) is 3. The highest BCUT2D eigenvalue weighted by Crippen LogP contribution is 2.17. The summed E-state index contributed by atoms with van der Waals surface area (Å²) in [5.74, 6) is 0.964. The maximum absolute atomic E-state index is 12.4. The summed E-state index contributed by atoms with van der Waals surface area (Å²) in [6.45, 7) is 8.64. The van der Waals surface area contributed by atoms with Gasteiger partial charge in [-0.1, -0.05) is 19.0 Å². The van der Waals surface area contributed by atoms with Crippen molar-refractivity contribution in [3.8, 4) is 0 Å². The van der Waals surface area contributed by atoms with E-state index in [-0.39, 0.29) is 18.4 Å². The minimum absolute atomic E-state index is 0.0319. The van der Waals surface area contributed by atoms with Crippen molar-refractivity contribution in [2.75, 3.05) is 39.3 Å². The third-order valence-electron chi connectivity index (χ3n) is 4.11. The van der Waals surface area contributed by atoms with Crippen molar-refractivity contribution in [2.24, 2.45) is 0 Å². The Morgan fingerprint density at radius 2 is 2.00 bits per heavy atom. The molecule has 0 radical (unpaired) electrons. The van der Waals surface area contributed by atoms with Crippen LogP contribution in [0.2, 0.25) is 0 Å². The Bertz CT molecular complexity index is 465. The van der Waals surface area contributed by atoms with Crippen LogP contribution in [-0.2, 0) is 0 Å². The number of aliphatic hydroxyl groups excluding tert-OH is 1. The van der Waals surface area contributed by atoms with Gasteiger partial charge in [0.25, 0.3) is 5.91 Å². The number of carbonyl (C=O) groups is 1. The highest BCUT2D eigenvalue weighted by molar-refractivity contribution is 5.92. The van der Waals surface area contributed by atoms with Gasteiger partial charge in [-0.2, -0.15) is 0 Å². The Hall–Kier alpha value is -1.40. The molecule has 2 heterocycles. The van der Waals surface area contributed by atoms with Crippen molar-refractivity contribution in [1.29, 1.82) is 0 Å². The van der Waals surface area contributed by atoms with E-state index < -0.39 is 0 Å². The van der Waals surface area contributed by atoms with Crippen molar-refractivity contribution in [2.45, 2.75) is 39.0 Å². The fraction of sp³-hybridized carbons (Fsp3) is 0.750. The molecule has 0 bridgehead atoms. The fourth-order valence-corrected chi connectivity index (χ4v) is 2.62. The average molecular weight is 309 g/mol. The number of amides is 1. The lowest BCUT2D eigenvalue weighted by atomic mass is 10.1. The van der Waals surface area contributed by atoms with E-state index in [0.29, 0.717) is 5.69 Å². The monoisotopic (exact) mass is 309 g/mol. The Morgan fingerprint density at radius 1 is 1.27 bits per heavy atom. The number of rotatable bonds is 7.